The van der Waals surface area contributed by atoms with E-state index in [1.807, 2.05) is 6.92 Å². The monoisotopic (exact) mass is 264 g/mol. The smallest absolute Gasteiger partial charge is 0.240 e. The Morgan fingerprint density at radius 3 is 3.11 bits per heavy atom. The summed E-state index contributed by atoms with van der Waals surface area (Å²) in [5.74, 6) is 1.28. The molecule has 5 nitrogen and oxygen atoms in total. The first-order valence-electron chi connectivity index (χ1n) is 7.14. The largest absolute Gasteiger partial charge is 0.347 e. The molecule has 1 aromatic rings. The summed E-state index contributed by atoms with van der Waals surface area (Å²) >= 11 is 0. The molecule has 3 unspecified atom stereocenters. The van der Waals surface area contributed by atoms with Crippen LogP contribution in [0, 0.1) is 5.92 Å². The quantitative estimate of drug-likeness (QED) is 0.776. The molecule has 2 rings (SSSR count). The van der Waals surface area contributed by atoms with E-state index < -0.39 is 5.54 Å². The van der Waals surface area contributed by atoms with Crippen molar-refractivity contribution in [1.82, 2.24) is 15.3 Å². The predicted molar refractivity (Wildman–Crippen MR) is 74.3 cm³/mol. The molecule has 4 N–H and O–H groups in total. The number of carbonyl (C=O) groups is 1. The van der Waals surface area contributed by atoms with Crippen molar-refractivity contribution in [2.45, 2.75) is 57.5 Å². The number of nitrogens with one attached hydrogen (secondary N) is 2. The van der Waals surface area contributed by atoms with Crippen molar-refractivity contribution in [3.8, 4) is 0 Å². The third kappa shape index (κ3) is 3.15. The van der Waals surface area contributed by atoms with Gasteiger partial charge in [0.05, 0.1) is 11.6 Å². The molecule has 3 atom stereocenters. The van der Waals surface area contributed by atoms with Gasteiger partial charge in [0.25, 0.3) is 0 Å². The number of aromatic nitrogens is 2. The molecule has 0 radical (unpaired) electrons. The lowest BCUT2D eigenvalue weighted by Crippen LogP contribution is -2.56. The Balaban J connectivity index is 2.03. The maximum absolute atomic E-state index is 12.5. The van der Waals surface area contributed by atoms with Gasteiger partial charge in [-0.2, -0.15) is 0 Å². The predicted octanol–water partition coefficient (Wildman–Crippen LogP) is 1.88. The molecule has 0 bridgehead atoms. The van der Waals surface area contributed by atoms with Gasteiger partial charge >= 0.3 is 0 Å². The van der Waals surface area contributed by atoms with Crippen LogP contribution in [0.25, 0.3) is 0 Å². The molecule has 1 aliphatic rings. The lowest BCUT2D eigenvalue weighted by molar-refractivity contribution is -0.129. The van der Waals surface area contributed by atoms with Gasteiger partial charge in [-0.1, -0.05) is 26.7 Å². The highest BCUT2D eigenvalue weighted by molar-refractivity contribution is 5.86. The normalized spacial score (nSPS) is 28.9. The number of hydrogen-bond donors (Lipinski definition) is 3. The maximum Gasteiger partial charge on any atom is 0.240 e. The van der Waals surface area contributed by atoms with Crippen LogP contribution in [0.15, 0.2) is 12.4 Å². The average molecular weight is 264 g/mol. The topological polar surface area (TPSA) is 83.8 Å². The fourth-order valence-corrected chi connectivity index (χ4v) is 2.93. The Labute approximate surface area is 114 Å². The number of nitrogens with two attached hydrogens (primary N) is 1. The van der Waals surface area contributed by atoms with E-state index >= 15 is 0 Å². The highest BCUT2D eigenvalue weighted by Gasteiger charge is 2.38. The second-order valence-electron chi connectivity index (χ2n) is 5.77. The van der Waals surface area contributed by atoms with Crippen molar-refractivity contribution in [3.63, 3.8) is 0 Å². The van der Waals surface area contributed by atoms with E-state index in [9.17, 15) is 4.79 Å². The molecule has 1 amide bonds. The van der Waals surface area contributed by atoms with Gasteiger partial charge in [0.1, 0.15) is 5.82 Å². The van der Waals surface area contributed by atoms with Gasteiger partial charge in [0.2, 0.25) is 5.91 Å². The molecule has 0 aliphatic heterocycles. The van der Waals surface area contributed by atoms with Crippen LogP contribution in [0.2, 0.25) is 0 Å². The van der Waals surface area contributed by atoms with E-state index in [-0.39, 0.29) is 11.9 Å². The lowest BCUT2D eigenvalue weighted by Gasteiger charge is -2.36. The summed E-state index contributed by atoms with van der Waals surface area (Å²) in [6.07, 6.45) is 8.01. The standard InChI is InChI=1S/C14H24N4O/c1-3-11(12-16-7-8-17-12)18-13(19)14(15)6-4-5-10(2)9-14/h7-8,10-11H,3-6,9,15H2,1-2H3,(H,16,17)(H,18,19). The van der Waals surface area contributed by atoms with E-state index in [0.717, 1.165) is 31.5 Å². The van der Waals surface area contributed by atoms with E-state index in [2.05, 4.69) is 22.2 Å². The second kappa shape index (κ2) is 5.74. The molecular weight excluding hydrogens is 240 g/mol. The van der Waals surface area contributed by atoms with Crippen LogP contribution < -0.4 is 11.1 Å². The first-order chi connectivity index (χ1) is 9.05. The molecule has 1 fully saturated rings. The van der Waals surface area contributed by atoms with E-state index in [0.29, 0.717) is 5.92 Å². The van der Waals surface area contributed by atoms with Crippen LogP contribution in [0.1, 0.15) is 57.8 Å². The zero-order valence-corrected chi connectivity index (χ0v) is 11.8. The molecule has 5 heteroatoms. The summed E-state index contributed by atoms with van der Waals surface area (Å²) in [6, 6.07) is -0.0832. The van der Waals surface area contributed by atoms with Gasteiger partial charge in [-0.25, -0.2) is 4.98 Å². The van der Waals surface area contributed by atoms with Crippen molar-refractivity contribution in [1.29, 1.82) is 0 Å². The van der Waals surface area contributed by atoms with Gasteiger partial charge in [0, 0.05) is 12.4 Å². The molecule has 1 saturated carbocycles. The molecule has 1 aromatic heterocycles. The number of hydrogen-bond acceptors (Lipinski definition) is 3. The third-order valence-electron chi connectivity index (χ3n) is 4.05. The minimum Gasteiger partial charge on any atom is -0.347 e. The summed E-state index contributed by atoms with van der Waals surface area (Å²) in [7, 11) is 0. The molecule has 19 heavy (non-hydrogen) atoms. The molecular formula is C14H24N4O. The SMILES string of the molecule is CCC(NC(=O)C1(N)CCCC(C)C1)c1ncc[nH]1. The molecule has 0 saturated heterocycles. The minimum absolute atomic E-state index is 0.0395. The number of carbonyl (C=O) groups excluding carboxylic acids is 1. The van der Waals surface area contributed by atoms with Crippen LogP contribution >= 0.6 is 0 Å². The van der Waals surface area contributed by atoms with Crippen molar-refractivity contribution in [2.24, 2.45) is 11.7 Å². The van der Waals surface area contributed by atoms with Gasteiger partial charge in [-0.15, -0.1) is 0 Å². The van der Waals surface area contributed by atoms with E-state index in [1.165, 1.54) is 6.42 Å². The highest BCUT2D eigenvalue weighted by atomic mass is 16.2. The van der Waals surface area contributed by atoms with Crippen molar-refractivity contribution >= 4 is 5.91 Å². The molecule has 0 aromatic carbocycles. The summed E-state index contributed by atoms with van der Waals surface area (Å²) in [5.41, 5.74) is 5.60. The average Bonchev–Trinajstić information content (AvgIpc) is 2.89. The summed E-state index contributed by atoms with van der Waals surface area (Å²) in [6.45, 7) is 4.19. The van der Waals surface area contributed by atoms with Crippen molar-refractivity contribution in [2.75, 3.05) is 0 Å². The fourth-order valence-electron chi connectivity index (χ4n) is 2.93. The molecule has 106 valence electrons. The Kier molecular flexibility index (Phi) is 4.24. The Morgan fingerprint density at radius 2 is 2.53 bits per heavy atom. The van der Waals surface area contributed by atoms with E-state index in [4.69, 9.17) is 5.73 Å². The van der Waals surface area contributed by atoms with Crippen LogP contribution in [0.5, 0.6) is 0 Å². The summed E-state index contributed by atoms with van der Waals surface area (Å²) in [5, 5.41) is 3.04. The molecule has 1 aliphatic carbocycles. The summed E-state index contributed by atoms with van der Waals surface area (Å²) in [4.78, 5) is 19.7. The first kappa shape index (κ1) is 14.1. The molecule has 1 heterocycles. The number of aromatic amines is 1. The number of H-pyrrole nitrogens is 1. The number of amides is 1. The Bertz CT molecular complexity index is 417. The Hall–Kier alpha value is -1.36. The van der Waals surface area contributed by atoms with Crippen molar-refractivity contribution in [3.05, 3.63) is 18.2 Å². The van der Waals surface area contributed by atoms with Crippen molar-refractivity contribution < 1.29 is 4.79 Å². The zero-order valence-electron chi connectivity index (χ0n) is 11.8. The lowest BCUT2D eigenvalue weighted by atomic mass is 9.76. The fraction of sp³-hybridized carbons (Fsp3) is 0.714. The first-order valence-corrected chi connectivity index (χ1v) is 7.14. The molecule has 0 spiro atoms. The zero-order chi connectivity index (χ0) is 13.9. The number of imidazole rings is 1. The van der Waals surface area contributed by atoms with Crippen LogP contribution in [0.4, 0.5) is 0 Å². The number of rotatable bonds is 4. The second-order valence-corrected chi connectivity index (χ2v) is 5.77. The summed E-state index contributed by atoms with van der Waals surface area (Å²) < 4.78 is 0. The maximum atomic E-state index is 12.5. The van der Waals surface area contributed by atoms with Crippen LogP contribution in [-0.2, 0) is 4.79 Å². The highest BCUT2D eigenvalue weighted by Crippen LogP contribution is 2.31. The van der Waals surface area contributed by atoms with Crippen LogP contribution in [-0.4, -0.2) is 21.4 Å². The number of nitrogens with zero attached hydrogens (tertiary/aromatic N) is 1. The van der Waals surface area contributed by atoms with Gasteiger partial charge in [0.15, 0.2) is 0 Å². The van der Waals surface area contributed by atoms with Gasteiger partial charge in [-0.3, -0.25) is 4.79 Å². The minimum atomic E-state index is -0.711. The van der Waals surface area contributed by atoms with Crippen LogP contribution in [0.3, 0.4) is 0 Å². The van der Waals surface area contributed by atoms with Gasteiger partial charge in [-0.05, 0) is 25.2 Å². The Morgan fingerprint density at radius 1 is 1.74 bits per heavy atom. The third-order valence-corrected chi connectivity index (χ3v) is 4.05. The van der Waals surface area contributed by atoms with E-state index in [1.54, 1.807) is 12.4 Å². The van der Waals surface area contributed by atoms with Gasteiger partial charge < -0.3 is 16.0 Å².